The van der Waals surface area contributed by atoms with E-state index in [1.165, 1.54) is 48.5 Å². The minimum absolute atomic E-state index is 0.170. The Morgan fingerprint density at radius 2 is 1.34 bits per heavy atom. The van der Waals surface area contributed by atoms with Crippen molar-refractivity contribution < 1.29 is 27.9 Å². The number of piperidine rings is 1. The predicted molar refractivity (Wildman–Crippen MR) is 104 cm³/mol. The Balaban J connectivity index is 1.64. The fourth-order valence-corrected chi connectivity index (χ4v) is 4.40. The van der Waals surface area contributed by atoms with E-state index in [-0.39, 0.29) is 29.3 Å². The van der Waals surface area contributed by atoms with Crippen LogP contribution in [0.15, 0.2) is 60.7 Å². The highest BCUT2D eigenvalue weighted by atomic mass is 19.1. The first-order valence-electron chi connectivity index (χ1n) is 9.68. The molecule has 1 saturated heterocycles. The second kappa shape index (κ2) is 7.04. The molecule has 2 aliphatic rings. The molecule has 2 aliphatic heterocycles. The van der Waals surface area contributed by atoms with Gasteiger partial charge in [0.15, 0.2) is 0 Å². The SMILES string of the molecule is C[N+]1(C)C2C=C[C@@H]1CC(OC(=O)C(O)(c1ccc(F)cc1)c1ccc(F)cc1)C2. The van der Waals surface area contributed by atoms with Crippen LogP contribution in [0, 0.1) is 11.6 Å². The number of nitrogens with zero attached hydrogens (tertiary/aromatic N) is 1. The second-order valence-electron chi connectivity index (χ2n) is 8.37. The third-order valence-corrected chi connectivity index (χ3v) is 6.37. The zero-order chi connectivity index (χ0) is 20.8. The molecule has 2 bridgehead atoms. The van der Waals surface area contributed by atoms with Crippen molar-refractivity contribution in [2.75, 3.05) is 14.1 Å². The van der Waals surface area contributed by atoms with E-state index in [2.05, 4.69) is 26.2 Å². The number of fused-ring (bicyclic) bond motifs is 2. The first-order valence-corrected chi connectivity index (χ1v) is 9.68. The quantitative estimate of drug-likeness (QED) is 0.487. The molecule has 2 unspecified atom stereocenters. The fraction of sp³-hybridized carbons (Fsp3) is 0.348. The van der Waals surface area contributed by atoms with Crippen LogP contribution in [0.2, 0.25) is 0 Å². The Bertz CT molecular complexity index is 874. The smallest absolute Gasteiger partial charge is 0.347 e. The van der Waals surface area contributed by atoms with E-state index in [9.17, 15) is 18.7 Å². The molecule has 0 saturated carbocycles. The molecule has 0 aromatic heterocycles. The normalized spacial score (nSPS) is 25.1. The number of hydrogen-bond acceptors (Lipinski definition) is 3. The Kier molecular flexibility index (Phi) is 4.79. The molecular formula is C23H24F2NO3+. The van der Waals surface area contributed by atoms with Crippen molar-refractivity contribution in [1.29, 1.82) is 0 Å². The van der Waals surface area contributed by atoms with Crippen LogP contribution >= 0.6 is 0 Å². The lowest BCUT2D eigenvalue weighted by atomic mass is 9.86. The van der Waals surface area contributed by atoms with Gasteiger partial charge in [0.25, 0.3) is 0 Å². The molecule has 29 heavy (non-hydrogen) atoms. The summed E-state index contributed by atoms with van der Waals surface area (Å²) in [7, 11) is 4.31. The molecular weight excluding hydrogens is 376 g/mol. The summed E-state index contributed by atoms with van der Waals surface area (Å²) in [6.07, 6.45) is 5.30. The lowest BCUT2D eigenvalue weighted by Gasteiger charge is -2.44. The van der Waals surface area contributed by atoms with Gasteiger partial charge in [-0.1, -0.05) is 24.3 Å². The molecule has 4 rings (SSSR count). The van der Waals surface area contributed by atoms with E-state index in [0.717, 1.165) is 4.48 Å². The minimum Gasteiger partial charge on any atom is -0.459 e. The van der Waals surface area contributed by atoms with E-state index in [1.54, 1.807) is 0 Å². The van der Waals surface area contributed by atoms with Crippen molar-refractivity contribution in [3.05, 3.63) is 83.4 Å². The molecule has 1 N–H and O–H groups in total. The van der Waals surface area contributed by atoms with Crippen LogP contribution in [0.3, 0.4) is 0 Å². The summed E-state index contributed by atoms with van der Waals surface area (Å²) in [5, 5.41) is 11.4. The average molecular weight is 400 g/mol. The molecule has 152 valence electrons. The molecule has 6 heteroatoms. The van der Waals surface area contributed by atoms with Crippen molar-refractivity contribution in [2.24, 2.45) is 0 Å². The Labute approximate surface area is 168 Å². The summed E-state index contributed by atoms with van der Waals surface area (Å²) in [5.74, 6) is -1.82. The van der Waals surface area contributed by atoms with Crippen LogP contribution in [-0.4, -0.2) is 47.8 Å². The van der Waals surface area contributed by atoms with Gasteiger partial charge in [0.2, 0.25) is 5.60 Å². The van der Waals surface area contributed by atoms with Gasteiger partial charge in [-0.15, -0.1) is 0 Å². The average Bonchev–Trinajstić information content (AvgIpc) is 2.85. The third-order valence-electron chi connectivity index (χ3n) is 6.37. The highest BCUT2D eigenvalue weighted by molar-refractivity contribution is 5.85. The molecule has 2 aromatic rings. The first-order chi connectivity index (χ1) is 13.7. The van der Waals surface area contributed by atoms with Crippen LogP contribution in [0.5, 0.6) is 0 Å². The zero-order valence-electron chi connectivity index (χ0n) is 16.4. The number of rotatable bonds is 4. The standard InChI is InChI=1S/C23H24F2NO3/c1-26(2)19-11-12-20(26)14-21(13-19)29-22(27)23(28,15-3-7-17(24)8-4-15)16-5-9-18(25)10-6-16/h3-12,19-21,28H,13-14H2,1-2H3/q+1/t19-,20?,21?/m1/s1. The summed E-state index contributed by atoms with van der Waals surface area (Å²) >= 11 is 0. The largest absolute Gasteiger partial charge is 0.459 e. The van der Waals surface area contributed by atoms with E-state index in [1.807, 2.05) is 0 Å². The molecule has 2 aromatic carbocycles. The summed E-state index contributed by atoms with van der Waals surface area (Å²) in [6.45, 7) is 0. The van der Waals surface area contributed by atoms with Gasteiger partial charge in [-0.2, -0.15) is 0 Å². The van der Waals surface area contributed by atoms with Gasteiger partial charge in [0, 0.05) is 12.8 Å². The van der Waals surface area contributed by atoms with Crippen molar-refractivity contribution >= 4 is 5.97 Å². The number of carbonyl (C=O) groups is 1. The van der Waals surface area contributed by atoms with E-state index >= 15 is 0 Å². The van der Waals surface area contributed by atoms with Crippen molar-refractivity contribution in [3.8, 4) is 0 Å². The Morgan fingerprint density at radius 3 is 1.76 bits per heavy atom. The van der Waals surface area contributed by atoms with Crippen molar-refractivity contribution in [1.82, 2.24) is 0 Å². The van der Waals surface area contributed by atoms with Gasteiger partial charge in [0.05, 0.1) is 14.1 Å². The van der Waals surface area contributed by atoms with Gasteiger partial charge >= 0.3 is 5.97 Å². The van der Waals surface area contributed by atoms with Gasteiger partial charge in [0.1, 0.15) is 29.8 Å². The number of benzene rings is 2. The fourth-order valence-electron chi connectivity index (χ4n) is 4.40. The number of hydrogen-bond donors (Lipinski definition) is 1. The maximum atomic E-state index is 13.4. The first kappa shape index (κ1) is 19.7. The molecule has 0 spiro atoms. The molecule has 3 atom stereocenters. The van der Waals surface area contributed by atoms with Gasteiger partial charge in [-0.25, -0.2) is 13.6 Å². The molecule has 0 radical (unpaired) electrons. The number of aliphatic hydroxyl groups is 1. The lowest BCUT2D eigenvalue weighted by molar-refractivity contribution is -0.926. The summed E-state index contributed by atoms with van der Waals surface area (Å²) in [5.41, 5.74) is -1.82. The van der Waals surface area contributed by atoms with Crippen LogP contribution in [0.25, 0.3) is 0 Å². The van der Waals surface area contributed by atoms with Gasteiger partial charge in [-0.3, -0.25) is 0 Å². The monoisotopic (exact) mass is 400 g/mol. The second-order valence-corrected chi connectivity index (χ2v) is 8.37. The molecule has 2 heterocycles. The van der Waals surface area contributed by atoms with E-state index in [4.69, 9.17) is 4.74 Å². The topological polar surface area (TPSA) is 46.5 Å². The summed E-state index contributed by atoms with van der Waals surface area (Å²) in [6, 6.07) is 10.5. The maximum absolute atomic E-state index is 13.4. The number of likely N-dealkylation sites (N-methyl/N-ethyl adjacent to an activating group) is 1. The molecule has 0 amide bonds. The van der Waals surface area contributed by atoms with Crippen molar-refractivity contribution in [2.45, 2.75) is 36.6 Å². The van der Waals surface area contributed by atoms with Crippen LogP contribution in [-0.2, 0) is 15.1 Å². The van der Waals surface area contributed by atoms with Crippen LogP contribution < -0.4 is 0 Å². The molecule has 1 fully saturated rings. The summed E-state index contributed by atoms with van der Waals surface area (Å²) in [4.78, 5) is 13.2. The van der Waals surface area contributed by atoms with Crippen molar-refractivity contribution in [3.63, 3.8) is 0 Å². The predicted octanol–water partition coefficient (Wildman–Crippen LogP) is 3.29. The number of quaternary nitrogens is 1. The highest BCUT2D eigenvalue weighted by Crippen LogP contribution is 2.38. The highest BCUT2D eigenvalue weighted by Gasteiger charge is 2.49. The third kappa shape index (κ3) is 3.36. The number of carbonyl (C=O) groups excluding carboxylic acids is 1. The van der Waals surface area contributed by atoms with Gasteiger partial charge < -0.3 is 14.3 Å². The van der Waals surface area contributed by atoms with E-state index in [0.29, 0.717) is 12.8 Å². The molecule has 0 aliphatic carbocycles. The summed E-state index contributed by atoms with van der Waals surface area (Å²) < 4.78 is 33.4. The Morgan fingerprint density at radius 1 is 0.931 bits per heavy atom. The lowest BCUT2D eigenvalue weighted by Crippen LogP contribution is -2.57. The van der Waals surface area contributed by atoms with Crippen LogP contribution in [0.1, 0.15) is 24.0 Å². The van der Waals surface area contributed by atoms with Crippen LogP contribution in [0.4, 0.5) is 8.78 Å². The maximum Gasteiger partial charge on any atom is 0.347 e. The molecule has 4 nitrogen and oxygen atoms in total. The number of ether oxygens (including phenoxy) is 1. The number of esters is 1. The minimum atomic E-state index is -2.16. The number of halogens is 2. The zero-order valence-corrected chi connectivity index (χ0v) is 16.4. The van der Waals surface area contributed by atoms with Gasteiger partial charge in [-0.05, 0) is 47.5 Å². The Hall–Kier alpha value is -2.57. The van der Waals surface area contributed by atoms with E-state index < -0.39 is 23.2 Å².